The molecule has 0 bridgehead atoms. The molecule has 0 aromatic heterocycles. The molecule has 1 atom stereocenters. The first-order valence-corrected chi connectivity index (χ1v) is 9.24. The van der Waals surface area contributed by atoms with Gasteiger partial charge in [0.1, 0.15) is 0 Å². The van der Waals surface area contributed by atoms with Gasteiger partial charge < -0.3 is 0 Å². The van der Waals surface area contributed by atoms with Crippen molar-refractivity contribution in [2.45, 2.75) is 58.0 Å². The van der Waals surface area contributed by atoms with E-state index in [-0.39, 0.29) is 10.8 Å². The van der Waals surface area contributed by atoms with Crippen LogP contribution in [-0.4, -0.2) is 14.5 Å². The zero-order valence-corrected chi connectivity index (χ0v) is 14.9. The Morgan fingerprint density at radius 3 is 2.43 bits per heavy atom. The quantitative estimate of drug-likeness (QED) is 0.341. The Bertz CT molecular complexity index is 627. The Labute approximate surface area is 139 Å². The minimum atomic E-state index is -3.77. The van der Waals surface area contributed by atoms with Gasteiger partial charge >= 0.3 is 0 Å². The Kier molecular flexibility index (Phi) is 8.28. The van der Waals surface area contributed by atoms with Crippen molar-refractivity contribution >= 4 is 10.0 Å². The van der Waals surface area contributed by atoms with Crippen LogP contribution in [0.15, 0.2) is 29.2 Å². The van der Waals surface area contributed by atoms with Gasteiger partial charge in [0, 0.05) is 6.42 Å². The average Bonchev–Trinajstić information content (AvgIpc) is 2.49. The molecule has 5 nitrogen and oxygen atoms in total. The van der Waals surface area contributed by atoms with Gasteiger partial charge in [-0.1, -0.05) is 55.7 Å². The molecule has 1 unspecified atom stereocenters. The van der Waals surface area contributed by atoms with E-state index >= 15 is 0 Å². The second kappa shape index (κ2) is 9.68. The third-order valence-corrected chi connectivity index (χ3v) is 4.31. The van der Waals surface area contributed by atoms with E-state index in [2.05, 4.69) is 18.8 Å². The highest BCUT2D eigenvalue weighted by molar-refractivity contribution is 7.89. The van der Waals surface area contributed by atoms with Crippen LogP contribution in [-0.2, 0) is 19.9 Å². The molecule has 0 saturated heterocycles. The fourth-order valence-corrected chi connectivity index (χ4v) is 2.34. The number of hydrogen-bond donors (Lipinski definition) is 1. The molecule has 0 radical (unpaired) electrons. The van der Waals surface area contributed by atoms with Crippen molar-refractivity contribution in [3.63, 3.8) is 0 Å². The fraction of sp³-hybridized carbons (Fsp3) is 0.529. The topological polar surface area (TPSA) is 64.6 Å². The van der Waals surface area contributed by atoms with Crippen LogP contribution >= 0.6 is 0 Å². The molecule has 1 aromatic rings. The van der Waals surface area contributed by atoms with Gasteiger partial charge in [-0.25, -0.2) is 13.3 Å². The Morgan fingerprint density at radius 1 is 1.22 bits per heavy atom. The van der Waals surface area contributed by atoms with E-state index in [1.165, 1.54) is 12.1 Å². The summed E-state index contributed by atoms with van der Waals surface area (Å²) < 4.78 is 24.1. The minimum Gasteiger partial charge on any atom is -0.205 e. The van der Waals surface area contributed by atoms with Crippen molar-refractivity contribution < 1.29 is 18.3 Å². The third-order valence-electron chi connectivity index (χ3n) is 3.13. The molecular weight excluding hydrogens is 314 g/mol. The van der Waals surface area contributed by atoms with E-state index in [9.17, 15) is 8.42 Å². The van der Waals surface area contributed by atoms with Gasteiger partial charge in [-0.2, -0.15) is 0 Å². The summed E-state index contributed by atoms with van der Waals surface area (Å²) in [5.41, 5.74) is 0.975. The normalized spacial score (nSPS) is 12.7. The van der Waals surface area contributed by atoms with Gasteiger partial charge in [0.2, 0.25) is 0 Å². The highest BCUT2D eigenvalue weighted by Gasteiger charge is 2.17. The molecule has 0 heterocycles. The molecule has 0 aliphatic rings. The van der Waals surface area contributed by atoms with Gasteiger partial charge in [-0.3, -0.25) is 0 Å². The largest absolute Gasteiger partial charge is 0.264 e. The molecule has 6 heteroatoms. The van der Waals surface area contributed by atoms with Gasteiger partial charge in [-0.05, 0) is 31.4 Å². The molecule has 1 aromatic carbocycles. The highest BCUT2D eigenvalue weighted by atomic mass is 32.2. The molecule has 1 N–H and O–H groups in total. The van der Waals surface area contributed by atoms with Gasteiger partial charge in [0.25, 0.3) is 10.0 Å². The van der Waals surface area contributed by atoms with Crippen molar-refractivity contribution in [2.24, 2.45) is 5.92 Å². The van der Waals surface area contributed by atoms with Gasteiger partial charge in [0.05, 0.1) is 4.90 Å². The van der Waals surface area contributed by atoms with Crippen molar-refractivity contribution in [3.8, 4) is 11.8 Å². The molecule has 0 aliphatic heterocycles. The van der Waals surface area contributed by atoms with Crippen LogP contribution in [0.2, 0.25) is 0 Å². The van der Waals surface area contributed by atoms with Crippen LogP contribution in [0.4, 0.5) is 0 Å². The van der Waals surface area contributed by atoms with E-state index in [1.54, 1.807) is 12.1 Å². The number of nitrogens with one attached hydrogen (secondary N) is 1. The molecule has 0 fully saturated rings. The fourth-order valence-electron chi connectivity index (χ4n) is 1.62. The first kappa shape index (κ1) is 19.7. The maximum Gasteiger partial charge on any atom is 0.264 e. The monoisotopic (exact) mass is 339 g/mol. The first-order valence-electron chi connectivity index (χ1n) is 7.76. The van der Waals surface area contributed by atoms with E-state index < -0.39 is 16.1 Å². The van der Waals surface area contributed by atoms with Crippen LogP contribution in [0.5, 0.6) is 0 Å². The average molecular weight is 339 g/mol. The molecule has 128 valence electrons. The maximum atomic E-state index is 12.0. The van der Waals surface area contributed by atoms with E-state index in [0.717, 1.165) is 24.8 Å². The lowest BCUT2D eigenvalue weighted by molar-refractivity contribution is -0.339. The van der Waals surface area contributed by atoms with Crippen molar-refractivity contribution in [1.29, 1.82) is 0 Å². The second-order valence-electron chi connectivity index (χ2n) is 5.67. The number of benzene rings is 1. The summed E-state index contributed by atoms with van der Waals surface area (Å²) >= 11 is 0. The third kappa shape index (κ3) is 7.14. The Morgan fingerprint density at radius 2 is 1.87 bits per heavy atom. The molecule has 1 rings (SSSR count). The lowest BCUT2D eigenvalue weighted by Gasteiger charge is -2.14. The summed E-state index contributed by atoms with van der Waals surface area (Å²) in [7, 11) is -3.77. The van der Waals surface area contributed by atoms with Crippen LogP contribution in [0.1, 0.15) is 45.6 Å². The number of rotatable bonds is 8. The number of aryl methyl sites for hydroxylation is 1. The van der Waals surface area contributed by atoms with E-state index in [1.807, 2.05) is 25.7 Å². The summed E-state index contributed by atoms with van der Waals surface area (Å²) in [6.07, 6.45) is 2.40. The first-order chi connectivity index (χ1) is 10.9. The summed E-state index contributed by atoms with van der Waals surface area (Å²) in [5, 5.41) is 0. The zero-order valence-electron chi connectivity index (χ0n) is 14.1. The summed E-state index contributed by atoms with van der Waals surface area (Å²) in [6, 6.07) is 6.44. The van der Waals surface area contributed by atoms with Crippen LogP contribution in [0.25, 0.3) is 0 Å². The van der Waals surface area contributed by atoms with Crippen molar-refractivity contribution in [1.82, 2.24) is 4.89 Å². The van der Waals surface area contributed by atoms with Crippen molar-refractivity contribution in [2.75, 3.05) is 0 Å². The van der Waals surface area contributed by atoms with Crippen LogP contribution in [0.3, 0.4) is 0 Å². The number of sulfonamides is 1. The molecule has 23 heavy (non-hydrogen) atoms. The number of unbranched alkanes of at least 4 members (excludes halogenated alkanes) is 2. The zero-order chi connectivity index (χ0) is 17.3. The Hall–Kier alpha value is -1.39. The summed E-state index contributed by atoms with van der Waals surface area (Å²) in [6.45, 7) is 7.84. The lowest BCUT2D eigenvalue weighted by atomic mass is 10.1. The standard InChI is InChI=1S/C17H25NO4S/c1-5-6-7-8-9-17(14(2)3)21-22-18-23(19,20)16-12-10-15(4)11-13-16/h10-14,17-18H,5-7H2,1-4H3. The summed E-state index contributed by atoms with van der Waals surface area (Å²) in [5.74, 6) is 6.05. The molecule has 0 spiro atoms. The summed E-state index contributed by atoms with van der Waals surface area (Å²) in [4.78, 5) is 11.9. The minimum absolute atomic E-state index is 0.0769. The van der Waals surface area contributed by atoms with Gasteiger partial charge in [0.15, 0.2) is 6.10 Å². The highest BCUT2D eigenvalue weighted by Crippen LogP contribution is 2.11. The van der Waals surface area contributed by atoms with Crippen LogP contribution < -0.4 is 4.89 Å². The SMILES string of the molecule is CCCCC#CC(OONS(=O)(=O)c1ccc(C)cc1)C(C)C. The maximum absolute atomic E-state index is 12.0. The second-order valence-corrected chi connectivity index (χ2v) is 7.31. The van der Waals surface area contributed by atoms with Crippen LogP contribution in [0, 0.1) is 24.7 Å². The molecular formula is C17H25NO4S. The Balaban J connectivity index is 2.57. The molecule has 0 amide bonds. The molecule has 0 aliphatic carbocycles. The smallest absolute Gasteiger partial charge is 0.205 e. The number of hydrogen-bond acceptors (Lipinski definition) is 4. The predicted octanol–water partition coefficient (Wildman–Crippen LogP) is 3.35. The lowest BCUT2D eigenvalue weighted by Crippen LogP contribution is -2.28. The van der Waals surface area contributed by atoms with Gasteiger partial charge in [-0.15, -0.1) is 10.9 Å². The van der Waals surface area contributed by atoms with E-state index in [0.29, 0.717) is 0 Å². The van der Waals surface area contributed by atoms with Crippen molar-refractivity contribution in [3.05, 3.63) is 29.8 Å². The van der Waals surface area contributed by atoms with E-state index in [4.69, 9.17) is 9.88 Å². The molecule has 0 saturated carbocycles. The predicted molar refractivity (Wildman–Crippen MR) is 89.6 cm³/mol.